The Labute approximate surface area is 143 Å². The highest BCUT2D eigenvalue weighted by molar-refractivity contribution is 5.92. The zero-order chi connectivity index (χ0) is 17.2. The first-order chi connectivity index (χ1) is 12.2. The first-order valence-corrected chi connectivity index (χ1v) is 8.37. The third-order valence-corrected chi connectivity index (χ3v) is 4.40. The number of piperidine rings is 1. The van der Waals surface area contributed by atoms with Crippen molar-refractivity contribution < 1.29 is 9.18 Å². The number of hydrogen-bond donors (Lipinski definition) is 3. The van der Waals surface area contributed by atoms with E-state index >= 15 is 0 Å². The predicted molar refractivity (Wildman–Crippen MR) is 90.6 cm³/mol. The average molecular weight is 342 g/mol. The van der Waals surface area contributed by atoms with E-state index in [-0.39, 0.29) is 18.3 Å². The van der Waals surface area contributed by atoms with Crippen molar-refractivity contribution >= 4 is 16.9 Å². The lowest BCUT2D eigenvalue weighted by Crippen LogP contribution is -2.32. The van der Waals surface area contributed by atoms with Crippen molar-refractivity contribution in [2.75, 3.05) is 13.1 Å². The molecule has 1 atom stereocenters. The predicted octanol–water partition coefficient (Wildman–Crippen LogP) is 1.75. The van der Waals surface area contributed by atoms with Crippen molar-refractivity contribution in [3.8, 4) is 0 Å². The second-order valence-corrected chi connectivity index (χ2v) is 6.21. The fourth-order valence-corrected chi connectivity index (χ4v) is 3.09. The molecule has 7 nitrogen and oxygen atoms in total. The Balaban J connectivity index is 1.40. The highest BCUT2D eigenvalue weighted by atomic mass is 19.1. The van der Waals surface area contributed by atoms with Crippen LogP contribution in [0.2, 0.25) is 0 Å². The molecule has 0 saturated carbocycles. The van der Waals surface area contributed by atoms with E-state index in [1.54, 1.807) is 12.1 Å². The third-order valence-electron chi connectivity index (χ3n) is 4.40. The molecule has 1 aliphatic rings. The molecule has 0 bridgehead atoms. The first-order valence-electron chi connectivity index (χ1n) is 8.37. The van der Waals surface area contributed by atoms with Gasteiger partial charge in [0, 0.05) is 12.7 Å². The maximum Gasteiger partial charge on any atom is 0.272 e. The number of nitrogens with one attached hydrogen (secondary N) is 3. The van der Waals surface area contributed by atoms with E-state index < -0.39 is 0 Å². The van der Waals surface area contributed by atoms with Crippen molar-refractivity contribution in [2.24, 2.45) is 0 Å². The van der Waals surface area contributed by atoms with Crippen LogP contribution in [0.15, 0.2) is 30.5 Å². The highest BCUT2D eigenvalue weighted by Crippen LogP contribution is 2.16. The van der Waals surface area contributed by atoms with Gasteiger partial charge in [0.25, 0.3) is 5.91 Å². The van der Waals surface area contributed by atoms with E-state index in [1.165, 1.54) is 12.1 Å². The molecule has 1 saturated heterocycles. The van der Waals surface area contributed by atoms with Gasteiger partial charge in [-0.3, -0.25) is 9.48 Å². The van der Waals surface area contributed by atoms with Gasteiger partial charge in [0.1, 0.15) is 17.3 Å². The van der Waals surface area contributed by atoms with Crippen LogP contribution in [0.1, 0.15) is 35.2 Å². The number of aromatic nitrogens is 4. The van der Waals surface area contributed by atoms with Crippen LogP contribution in [0.3, 0.4) is 0 Å². The largest absolute Gasteiger partial charge is 0.343 e. The van der Waals surface area contributed by atoms with Gasteiger partial charge in [0.15, 0.2) is 0 Å². The number of fused-ring (bicyclic) bond motifs is 1. The molecule has 1 fully saturated rings. The number of imidazole rings is 1. The Morgan fingerprint density at radius 3 is 3.16 bits per heavy atom. The van der Waals surface area contributed by atoms with E-state index in [9.17, 15) is 9.18 Å². The lowest BCUT2D eigenvalue weighted by atomic mass is 10.1. The van der Waals surface area contributed by atoms with E-state index in [0.29, 0.717) is 28.6 Å². The SMILES string of the molecule is O=C(NCc1nc2ccc(F)cc2[nH]1)c1ccn(C2CCCNC2)n1. The van der Waals surface area contributed by atoms with Gasteiger partial charge in [-0.15, -0.1) is 0 Å². The van der Waals surface area contributed by atoms with E-state index in [4.69, 9.17) is 0 Å². The number of carbonyl (C=O) groups excluding carboxylic acids is 1. The monoisotopic (exact) mass is 342 g/mol. The van der Waals surface area contributed by atoms with Crippen molar-refractivity contribution in [1.29, 1.82) is 0 Å². The Morgan fingerprint density at radius 2 is 2.32 bits per heavy atom. The molecule has 1 aromatic carbocycles. The molecule has 0 spiro atoms. The highest BCUT2D eigenvalue weighted by Gasteiger charge is 2.17. The third kappa shape index (κ3) is 3.39. The summed E-state index contributed by atoms with van der Waals surface area (Å²) in [6, 6.07) is 6.36. The van der Waals surface area contributed by atoms with Crippen LogP contribution in [0, 0.1) is 5.82 Å². The topological polar surface area (TPSA) is 87.6 Å². The molecule has 1 aliphatic heterocycles. The van der Waals surface area contributed by atoms with Crippen LogP contribution in [0.5, 0.6) is 0 Å². The van der Waals surface area contributed by atoms with Crippen LogP contribution in [0.25, 0.3) is 11.0 Å². The van der Waals surface area contributed by atoms with Gasteiger partial charge in [-0.25, -0.2) is 9.37 Å². The molecular weight excluding hydrogens is 323 g/mol. The summed E-state index contributed by atoms with van der Waals surface area (Å²) in [5.74, 6) is -0.00602. The molecule has 25 heavy (non-hydrogen) atoms. The van der Waals surface area contributed by atoms with E-state index in [2.05, 4.69) is 25.7 Å². The molecule has 3 heterocycles. The normalized spacial score (nSPS) is 17.7. The smallest absolute Gasteiger partial charge is 0.272 e. The molecule has 130 valence electrons. The minimum Gasteiger partial charge on any atom is -0.343 e. The van der Waals surface area contributed by atoms with Crippen molar-refractivity contribution in [3.05, 3.63) is 47.8 Å². The molecular formula is C17H19FN6O. The standard InChI is InChI=1S/C17H19FN6O/c18-11-3-4-13-15(8-11)22-16(21-13)10-20-17(25)14-5-7-24(23-14)12-2-1-6-19-9-12/h3-5,7-8,12,19H,1-2,6,9-10H2,(H,20,25)(H,21,22). The number of benzene rings is 1. The number of halogens is 1. The maximum absolute atomic E-state index is 13.2. The summed E-state index contributed by atoms with van der Waals surface area (Å²) in [4.78, 5) is 19.6. The van der Waals surface area contributed by atoms with Crippen LogP contribution in [-0.4, -0.2) is 38.7 Å². The summed E-state index contributed by atoms with van der Waals surface area (Å²) >= 11 is 0. The average Bonchev–Trinajstić information content (AvgIpc) is 3.27. The number of hydrogen-bond acceptors (Lipinski definition) is 4. The van der Waals surface area contributed by atoms with Gasteiger partial charge in [0.05, 0.1) is 23.6 Å². The van der Waals surface area contributed by atoms with Crippen LogP contribution in [-0.2, 0) is 6.54 Å². The van der Waals surface area contributed by atoms with Gasteiger partial charge in [-0.1, -0.05) is 0 Å². The number of H-pyrrole nitrogens is 1. The number of carbonyl (C=O) groups is 1. The van der Waals surface area contributed by atoms with Crippen molar-refractivity contribution in [2.45, 2.75) is 25.4 Å². The molecule has 0 aliphatic carbocycles. The van der Waals surface area contributed by atoms with Gasteiger partial charge in [0.2, 0.25) is 0 Å². The zero-order valence-electron chi connectivity index (χ0n) is 13.6. The summed E-state index contributed by atoms with van der Waals surface area (Å²) < 4.78 is 15.1. The lowest BCUT2D eigenvalue weighted by Gasteiger charge is -2.22. The summed E-state index contributed by atoms with van der Waals surface area (Å²) in [6.45, 7) is 2.14. The summed E-state index contributed by atoms with van der Waals surface area (Å²) in [6.07, 6.45) is 4.01. The fraction of sp³-hybridized carbons (Fsp3) is 0.353. The molecule has 3 N–H and O–H groups in total. The second kappa shape index (κ2) is 6.64. The van der Waals surface area contributed by atoms with Gasteiger partial charge < -0.3 is 15.6 Å². The minimum absolute atomic E-state index is 0.229. The number of rotatable bonds is 4. The minimum atomic E-state index is -0.325. The number of amides is 1. The van der Waals surface area contributed by atoms with Gasteiger partial charge in [-0.2, -0.15) is 5.10 Å². The summed E-state index contributed by atoms with van der Waals surface area (Å²) in [5, 5.41) is 10.5. The Morgan fingerprint density at radius 1 is 1.40 bits per heavy atom. The summed E-state index contributed by atoms with van der Waals surface area (Å²) in [7, 11) is 0. The number of nitrogens with zero attached hydrogens (tertiary/aromatic N) is 3. The van der Waals surface area contributed by atoms with Gasteiger partial charge in [-0.05, 0) is 43.7 Å². The summed E-state index contributed by atoms with van der Waals surface area (Å²) in [5.41, 5.74) is 1.66. The first kappa shape index (κ1) is 15.8. The molecule has 1 unspecified atom stereocenters. The molecule has 3 aromatic rings. The Kier molecular flexibility index (Phi) is 4.19. The van der Waals surface area contributed by atoms with Crippen molar-refractivity contribution in [3.63, 3.8) is 0 Å². The quantitative estimate of drug-likeness (QED) is 0.674. The van der Waals surface area contributed by atoms with Gasteiger partial charge >= 0.3 is 0 Å². The fourth-order valence-electron chi connectivity index (χ4n) is 3.09. The molecule has 1 amide bonds. The molecule has 4 rings (SSSR count). The molecule has 0 radical (unpaired) electrons. The molecule has 2 aromatic heterocycles. The lowest BCUT2D eigenvalue weighted by molar-refractivity contribution is 0.0943. The molecule has 8 heteroatoms. The van der Waals surface area contributed by atoms with Crippen LogP contribution in [0.4, 0.5) is 4.39 Å². The maximum atomic E-state index is 13.2. The Hall–Kier alpha value is -2.74. The number of aromatic amines is 1. The van der Waals surface area contributed by atoms with Crippen LogP contribution < -0.4 is 10.6 Å². The van der Waals surface area contributed by atoms with E-state index in [1.807, 2.05) is 10.9 Å². The van der Waals surface area contributed by atoms with Crippen molar-refractivity contribution in [1.82, 2.24) is 30.4 Å². The zero-order valence-corrected chi connectivity index (χ0v) is 13.6. The van der Waals surface area contributed by atoms with Crippen LogP contribution >= 0.6 is 0 Å². The Bertz CT molecular complexity index is 896. The van der Waals surface area contributed by atoms with E-state index in [0.717, 1.165) is 25.9 Å². The second-order valence-electron chi connectivity index (χ2n) is 6.21.